The van der Waals surface area contributed by atoms with E-state index in [4.69, 9.17) is 10.1 Å². The zero-order chi connectivity index (χ0) is 23.1. The summed E-state index contributed by atoms with van der Waals surface area (Å²) >= 11 is 0. The van der Waals surface area contributed by atoms with Gasteiger partial charge in [0.25, 0.3) is 0 Å². The van der Waals surface area contributed by atoms with Crippen LogP contribution in [-0.2, 0) is 24.8 Å². The van der Waals surface area contributed by atoms with Gasteiger partial charge in [0.05, 0.1) is 11.4 Å². The van der Waals surface area contributed by atoms with E-state index in [1.54, 1.807) is 17.2 Å². The molecule has 7 nitrogen and oxygen atoms in total. The van der Waals surface area contributed by atoms with Crippen molar-refractivity contribution in [2.24, 2.45) is 7.05 Å². The molecule has 1 amide bonds. The second-order valence-corrected chi connectivity index (χ2v) is 8.45. The maximum atomic E-state index is 12.3. The van der Waals surface area contributed by atoms with Crippen molar-refractivity contribution in [3.63, 3.8) is 0 Å². The lowest BCUT2D eigenvalue weighted by atomic mass is 9.98. The molecule has 0 aliphatic carbocycles. The van der Waals surface area contributed by atoms with Crippen molar-refractivity contribution >= 4 is 22.5 Å². The zero-order valence-corrected chi connectivity index (χ0v) is 19.0. The van der Waals surface area contributed by atoms with Crippen molar-refractivity contribution < 1.29 is 9.59 Å². The SMILES string of the molecule is CCC(=O)c1ccc(-c2cc3cccc(-c4nn(C)c5c4CN(C)C(=O)CC5)c3cn2)cn1. The molecule has 0 saturated heterocycles. The summed E-state index contributed by atoms with van der Waals surface area (Å²) in [5.41, 5.74) is 6.25. The van der Waals surface area contributed by atoms with Gasteiger partial charge < -0.3 is 4.90 Å². The first-order chi connectivity index (χ1) is 16.0. The number of Topliss-reactive ketones (excluding diaryl/α,β-unsaturated/α-hetero) is 1. The average molecular weight is 440 g/mol. The average Bonchev–Trinajstić information content (AvgIpc) is 3.06. The molecule has 0 N–H and O–H groups in total. The smallest absolute Gasteiger partial charge is 0.223 e. The summed E-state index contributed by atoms with van der Waals surface area (Å²) in [7, 11) is 3.79. The molecule has 0 atom stereocenters. The first-order valence-electron chi connectivity index (χ1n) is 11.1. The van der Waals surface area contributed by atoms with E-state index in [-0.39, 0.29) is 11.7 Å². The van der Waals surface area contributed by atoms with Crippen LogP contribution < -0.4 is 0 Å². The summed E-state index contributed by atoms with van der Waals surface area (Å²) in [5.74, 6) is 0.182. The molecule has 3 aromatic heterocycles. The van der Waals surface area contributed by atoms with Crippen LogP contribution in [0.5, 0.6) is 0 Å². The van der Waals surface area contributed by atoms with Gasteiger partial charge in [-0.05, 0) is 30.0 Å². The normalized spacial score (nSPS) is 13.8. The highest BCUT2D eigenvalue weighted by Gasteiger charge is 2.25. The van der Waals surface area contributed by atoms with Crippen molar-refractivity contribution in [3.8, 4) is 22.5 Å². The highest BCUT2D eigenvalue weighted by Crippen LogP contribution is 2.34. The van der Waals surface area contributed by atoms with Gasteiger partial charge in [0, 0.05) is 73.6 Å². The molecular weight excluding hydrogens is 414 g/mol. The van der Waals surface area contributed by atoms with Crippen molar-refractivity contribution in [1.82, 2.24) is 24.6 Å². The van der Waals surface area contributed by atoms with Crippen LogP contribution in [0.3, 0.4) is 0 Å². The van der Waals surface area contributed by atoms with Gasteiger partial charge in [-0.3, -0.25) is 24.2 Å². The zero-order valence-electron chi connectivity index (χ0n) is 19.0. The van der Waals surface area contributed by atoms with Crippen LogP contribution in [0, 0.1) is 0 Å². The van der Waals surface area contributed by atoms with Gasteiger partial charge in [-0.15, -0.1) is 0 Å². The minimum Gasteiger partial charge on any atom is -0.341 e. The van der Waals surface area contributed by atoms with E-state index >= 15 is 0 Å². The highest BCUT2D eigenvalue weighted by atomic mass is 16.2. The molecule has 5 rings (SSSR count). The van der Waals surface area contributed by atoms with E-state index in [0.29, 0.717) is 31.5 Å². The highest BCUT2D eigenvalue weighted by molar-refractivity contribution is 5.98. The summed E-state index contributed by atoms with van der Waals surface area (Å²) in [5, 5.41) is 6.89. The first-order valence-corrected chi connectivity index (χ1v) is 11.1. The topological polar surface area (TPSA) is 81.0 Å². The second-order valence-electron chi connectivity index (χ2n) is 8.45. The number of ketones is 1. The van der Waals surface area contributed by atoms with Gasteiger partial charge in [0.15, 0.2) is 5.78 Å². The molecule has 0 saturated carbocycles. The Balaban J connectivity index is 1.57. The number of hydrogen-bond acceptors (Lipinski definition) is 5. The van der Waals surface area contributed by atoms with Crippen molar-refractivity contribution in [1.29, 1.82) is 0 Å². The van der Waals surface area contributed by atoms with Crippen LogP contribution in [0.1, 0.15) is 41.5 Å². The fourth-order valence-corrected chi connectivity index (χ4v) is 4.47. The number of carbonyl (C=O) groups excluding carboxylic acids is 2. The number of carbonyl (C=O) groups is 2. The predicted octanol–water partition coefficient (Wildman–Crippen LogP) is 4.19. The molecule has 4 heterocycles. The number of benzene rings is 1. The number of nitrogens with zero attached hydrogens (tertiary/aromatic N) is 5. The summed E-state index contributed by atoms with van der Waals surface area (Å²) < 4.78 is 1.91. The van der Waals surface area contributed by atoms with Crippen LogP contribution >= 0.6 is 0 Å². The molecule has 0 unspecified atom stereocenters. The van der Waals surface area contributed by atoms with Gasteiger partial charge in [-0.1, -0.05) is 25.1 Å². The molecule has 33 heavy (non-hydrogen) atoms. The van der Waals surface area contributed by atoms with E-state index in [1.165, 1.54) is 0 Å². The number of amides is 1. The second kappa shape index (κ2) is 8.24. The van der Waals surface area contributed by atoms with E-state index in [9.17, 15) is 9.59 Å². The number of rotatable bonds is 4. The summed E-state index contributed by atoms with van der Waals surface area (Å²) in [4.78, 5) is 34.9. The van der Waals surface area contributed by atoms with Crippen molar-refractivity contribution in [3.05, 3.63) is 65.7 Å². The third-order valence-electron chi connectivity index (χ3n) is 6.36. The van der Waals surface area contributed by atoms with E-state index < -0.39 is 0 Å². The predicted molar refractivity (Wildman–Crippen MR) is 127 cm³/mol. The minimum absolute atomic E-state index is 0.0273. The van der Waals surface area contributed by atoms with Gasteiger partial charge in [-0.2, -0.15) is 5.10 Å². The van der Waals surface area contributed by atoms with E-state index in [2.05, 4.69) is 17.1 Å². The first kappa shape index (κ1) is 21.0. The molecule has 0 fully saturated rings. The quantitative estimate of drug-likeness (QED) is 0.445. The number of aryl methyl sites for hydroxylation is 1. The fourth-order valence-electron chi connectivity index (χ4n) is 4.47. The van der Waals surface area contributed by atoms with Crippen molar-refractivity contribution in [2.45, 2.75) is 32.7 Å². The Morgan fingerprint density at radius 1 is 1.06 bits per heavy atom. The number of pyridine rings is 2. The molecule has 1 aliphatic rings. The monoisotopic (exact) mass is 439 g/mol. The summed E-state index contributed by atoms with van der Waals surface area (Å²) in [6.45, 7) is 2.38. The maximum Gasteiger partial charge on any atom is 0.223 e. The summed E-state index contributed by atoms with van der Waals surface area (Å²) in [6.07, 6.45) is 5.20. The Morgan fingerprint density at radius 2 is 1.91 bits per heavy atom. The third-order valence-corrected chi connectivity index (χ3v) is 6.36. The van der Waals surface area contributed by atoms with Crippen LogP contribution in [-0.4, -0.2) is 43.4 Å². The Bertz CT molecular complexity index is 1390. The molecule has 7 heteroatoms. The standard InChI is InChI=1S/C26H25N5O2/c1-4-24(32)21-9-8-17(13-27-21)22-12-16-6-5-7-18(19(16)14-28-22)26-20-15-30(2)25(33)11-10-23(20)31(3)29-26/h5-9,12-14H,4,10-11,15H2,1-3H3. The summed E-state index contributed by atoms with van der Waals surface area (Å²) in [6, 6.07) is 11.8. The maximum absolute atomic E-state index is 12.3. The minimum atomic E-state index is 0.0273. The number of fused-ring (bicyclic) bond motifs is 2. The van der Waals surface area contributed by atoms with Crippen molar-refractivity contribution in [2.75, 3.05) is 7.05 Å². The lowest BCUT2D eigenvalue weighted by Gasteiger charge is -2.15. The Labute approximate surface area is 192 Å². The molecule has 166 valence electrons. The van der Waals surface area contributed by atoms with Gasteiger partial charge in [-0.25, -0.2) is 0 Å². The van der Waals surface area contributed by atoms with Crippen LogP contribution in [0.2, 0.25) is 0 Å². The molecule has 0 bridgehead atoms. The Morgan fingerprint density at radius 3 is 2.67 bits per heavy atom. The molecule has 4 aromatic rings. The van der Waals surface area contributed by atoms with Gasteiger partial charge in [0.1, 0.15) is 5.69 Å². The van der Waals surface area contributed by atoms with E-state index in [1.807, 2.05) is 50.1 Å². The molecular formula is C26H25N5O2. The lowest BCUT2D eigenvalue weighted by molar-refractivity contribution is -0.130. The lowest BCUT2D eigenvalue weighted by Crippen LogP contribution is -2.24. The number of hydrogen-bond donors (Lipinski definition) is 0. The van der Waals surface area contributed by atoms with Crippen LogP contribution in [0.15, 0.2) is 48.8 Å². The van der Waals surface area contributed by atoms with Gasteiger partial charge >= 0.3 is 0 Å². The molecule has 1 aromatic carbocycles. The van der Waals surface area contributed by atoms with Gasteiger partial charge in [0.2, 0.25) is 5.91 Å². The Kier molecular flexibility index (Phi) is 5.24. The van der Waals surface area contributed by atoms with Crippen LogP contribution in [0.4, 0.5) is 0 Å². The Hall–Kier alpha value is -3.87. The molecule has 1 aliphatic heterocycles. The largest absolute Gasteiger partial charge is 0.341 e. The number of aromatic nitrogens is 4. The fraction of sp³-hybridized carbons (Fsp3) is 0.269. The molecule has 0 radical (unpaired) electrons. The molecule has 0 spiro atoms. The van der Waals surface area contributed by atoms with Crippen LogP contribution in [0.25, 0.3) is 33.3 Å². The van der Waals surface area contributed by atoms with E-state index in [0.717, 1.165) is 44.5 Å². The third kappa shape index (κ3) is 3.69.